The van der Waals surface area contributed by atoms with E-state index in [2.05, 4.69) is 4.72 Å². The number of esters is 1. The highest BCUT2D eigenvalue weighted by molar-refractivity contribution is 7.89. The highest BCUT2D eigenvalue weighted by Gasteiger charge is 2.29. The second-order valence-electron chi connectivity index (χ2n) is 7.16. The lowest BCUT2D eigenvalue weighted by Gasteiger charge is -2.38. The molecule has 0 saturated carbocycles. The predicted octanol–water partition coefficient (Wildman–Crippen LogP) is 1.91. The minimum absolute atomic E-state index is 0.0884. The molecule has 0 aliphatic carbocycles. The molecule has 0 radical (unpaired) electrons. The molecule has 27 heavy (non-hydrogen) atoms. The van der Waals surface area contributed by atoms with Gasteiger partial charge in [0.05, 0.1) is 4.90 Å². The molecule has 0 bridgehead atoms. The van der Waals surface area contributed by atoms with Crippen LogP contribution in [0.25, 0.3) is 0 Å². The van der Waals surface area contributed by atoms with Crippen LogP contribution in [0.4, 0.5) is 0 Å². The molecule has 0 aromatic heterocycles. The summed E-state index contributed by atoms with van der Waals surface area (Å²) in [5.74, 6) is -1.03. The molecule has 2 rings (SSSR count). The zero-order valence-electron chi connectivity index (χ0n) is 16.3. The number of aryl methyl sites for hydroxylation is 2. The molecule has 1 heterocycles. The Bertz CT molecular complexity index is 796. The molecular weight excluding hydrogens is 368 g/mol. The van der Waals surface area contributed by atoms with Crippen LogP contribution in [0.15, 0.2) is 23.1 Å². The number of sulfonamides is 1. The Balaban J connectivity index is 1.86. The van der Waals surface area contributed by atoms with Gasteiger partial charge >= 0.3 is 5.97 Å². The van der Waals surface area contributed by atoms with E-state index in [1.165, 1.54) is 6.07 Å². The number of hydrogen-bond acceptors (Lipinski definition) is 5. The fraction of sp³-hybridized carbons (Fsp3) is 0.579. The number of rotatable bonds is 6. The maximum atomic E-state index is 12.3. The first-order chi connectivity index (χ1) is 12.6. The van der Waals surface area contributed by atoms with Crippen LogP contribution in [0.3, 0.4) is 0 Å². The van der Waals surface area contributed by atoms with E-state index in [0.29, 0.717) is 0 Å². The Kier molecular flexibility index (Phi) is 7.00. The third kappa shape index (κ3) is 5.52. The van der Waals surface area contributed by atoms with E-state index in [-0.39, 0.29) is 29.5 Å². The summed E-state index contributed by atoms with van der Waals surface area (Å²) in [4.78, 5) is 26.0. The summed E-state index contributed by atoms with van der Waals surface area (Å²) < 4.78 is 31.7. The molecule has 1 aromatic carbocycles. The molecule has 1 N–H and O–H groups in total. The lowest BCUT2D eigenvalue weighted by Crippen LogP contribution is -2.49. The number of piperidine rings is 1. The fourth-order valence-electron chi connectivity index (χ4n) is 3.30. The Hall–Kier alpha value is -1.93. The smallest absolute Gasteiger partial charge is 0.321 e. The Labute approximate surface area is 161 Å². The molecule has 150 valence electrons. The number of carbonyl (C=O) groups is 2. The van der Waals surface area contributed by atoms with Gasteiger partial charge in [0.1, 0.15) is 6.54 Å². The van der Waals surface area contributed by atoms with Gasteiger partial charge in [-0.25, -0.2) is 8.42 Å². The van der Waals surface area contributed by atoms with Crippen LogP contribution in [-0.4, -0.2) is 50.4 Å². The van der Waals surface area contributed by atoms with Gasteiger partial charge in [-0.15, -0.1) is 0 Å². The molecular formula is C19H28N2O5S. The van der Waals surface area contributed by atoms with Crippen LogP contribution in [0.5, 0.6) is 0 Å². The number of likely N-dealkylation sites (tertiary alicyclic amines) is 1. The molecule has 1 fully saturated rings. The number of amides is 1. The normalized spacial score (nSPS) is 20.4. The third-order valence-corrected chi connectivity index (χ3v) is 6.43. The molecule has 1 aliphatic heterocycles. The second kappa shape index (κ2) is 8.84. The summed E-state index contributed by atoms with van der Waals surface area (Å²) in [6.45, 7) is 6.76. The van der Waals surface area contributed by atoms with Gasteiger partial charge in [0.25, 0.3) is 5.91 Å². The standard InChI is InChI=1S/C19H28N2O5S/c1-13-8-9-17(10-14(13)2)27(24,25)20-11-19(23)26-12-18(22)21-15(3)6-5-7-16(21)4/h8-10,15-16,20H,5-7,11-12H2,1-4H3/t15-,16-/m1/s1. The first-order valence-corrected chi connectivity index (χ1v) is 10.6. The minimum Gasteiger partial charge on any atom is -0.455 e. The predicted molar refractivity (Wildman–Crippen MR) is 102 cm³/mol. The molecule has 0 spiro atoms. The zero-order valence-corrected chi connectivity index (χ0v) is 17.1. The molecule has 1 aromatic rings. The van der Waals surface area contributed by atoms with Crippen LogP contribution >= 0.6 is 0 Å². The van der Waals surface area contributed by atoms with Crippen molar-refractivity contribution in [2.24, 2.45) is 0 Å². The average molecular weight is 397 g/mol. The molecule has 1 amide bonds. The highest BCUT2D eigenvalue weighted by atomic mass is 32.2. The first kappa shape index (κ1) is 21.4. The summed E-state index contributed by atoms with van der Waals surface area (Å²) in [6.07, 6.45) is 2.94. The number of benzene rings is 1. The molecule has 8 heteroatoms. The van der Waals surface area contributed by atoms with Crippen molar-refractivity contribution in [3.05, 3.63) is 29.3 Å². The van der Waals surface area contributed by atoms with E-state index >= 15 is 0 Å². The van der Waals surface area contributed by atoms with E-state index in [9.17, 15) is 18.0 Å². The van der Waals surface area contributed by atoms with Crippen LogP contribution in [0.1, 0.15) is 44.2 Å². The van der Waals surface area contributed by atoms with Crippen molar-refractivity contribution in [3.8, 4) is 0 Å². The molecule has 2 atom stereocenters. The largest absolute Gasteiger partial charge is 0.455 e. The zero-order chi connectivity index (χ0) is 20.2. The number of carbonyl (C=O) groups excluding carboxylic acids is 2. The van der Waals surface area contributed by atoms with Gasteiger partial charge in [0.2, 0.25) is 10.0 Å². The van der Waals surface area contributed by atoms with E-state index in [1.54, 1.807) is 17.0 Å². The molecule has 0 unspecified atom stereocenters. The summed E-state index contributed by atoms with van der Waals surface area (Å²) in [7, 11) is -3.82. The van der Waals surface area contributed by atoms with Crippen LogP contribution in [0, 0.1) is 13.8 Å². The first-order valence-electron chi connectivity index (χ1n) is 9.15. The maximum absolute atomic E-state index is 12.3. The number of ether oxygens (including phenoxy) is 1. The fourth-order valence-corrected chi connectivity index (χ4v) is 4.35. The van der Waals surface area contributed by atoms with Gasteiger partial charge < -0.3 is 9.64 Å². The summed E-state index contributed by atoms with van der Waals surface area (Å²) in [5.41, 5.74) is 1.82. The van der Waals surface area contributed by atoms with Gasteiger partial charge in [-0.3, -0.25) is 9.59 Å². The Morgan fingerprint density at radius 3 is 2.37 bits per heavy atom. The van der Waals surface area contributed by atoms with Gasteiger partial charge in [-0.2, -0.15) is 4.72 Å². The second-order valence-corrected chi connectivity index (χ2v) is 8.93. The monoisotopic (exact) mass is 396 g/mol. The van der Waals surface area contributed by atoms with Crippen molar-refractivity contribution in [1.29, 1.82) is 0 Å². The maximum Gasteiger partial charge on any atom is 0.321 e. The molecule has 7 nitrogen and oxygen atoms in total. The highest BCUT2D eigenvalue weighted by Crippen LogP contribution is 2.22. The van der Waals surface area contributed by atoms with Crippen LogP contribution < -0.4 is 4.72 Å². The molecule has 1 saturated heterocycles. The number of nitrogens with one attached hydrogen (secondary N) is 1. The van der Waals surface area contributed by atoms with Crippen molar-refractivity contribution >= 4 is 21.9 Å². The molecule has 1 aliphatic rings. The number of hydrogen-bond donors (Lipinski definition) is 1. The Morgan fingerprint density at radius 2 is 1.78 bits per heavy atom. The lowest BCUT2D eigenvalue weighted by molar-refractivity contribution is -0.154. The van der Waals surface area contributed by atoms with E-state index < -0.39 is 22.5 Å². The average Bonchev–Trinajstić information content (AvgIpc) is 2.60. The summed E-state index contributed by atoms with van der Waals surface area (Å²) in [5, 5.41) is 0. The number of nitrogens with zero attached hydrogens (tertiary/aromatic N) is 1. The minimum atomic E-state index is -3.82. The Morgan fingerprint density at radius 1 is 1.15 bits per heavy atom. The quantitative estimate of drug-likeness (QED) is 0.742. The van der Waals surface area contributed by atoms with Gasteiger partial charge in [0, 0.05) is 12.1 Å². The summed E-state index contributed by atoms with van der Waals surface area (Å²) in [6, 6.07) is 4.97. The van der Waals surface area contributed by atoms with Gasteiger partial charge in [0.15, 0.2) is 6.61 Å². The van der Waals surface area contributed by atoms with E-state index in [4.69, 9.17) is 4.74 Å². The topological polar surface area (TPSA) is 92.8 Å². The van der Waals surface area contributed by atoms with E-state index in [0.717, 1.165) is 30.4 Å². The van der Waals surface area contributed by atoms with Crippen molar-refractivity contribution in [2.75, 3.05) is 13.2 Å². The van der Waals surface area contributed by atoms with Crippen LogP contribution in [0.2, 0.25) is 0 Å². The van der Waals surface area contributed by atoms with Gasteiger partial charge in [-0.1, -0.05) is 6.07 Å². The van der Waals surface area contributed by atoms with E-state index in [1.807, 2.05) is 27.7 Å². The van der Waals surface area contributed by atoms with Crippen LogP contribution in [-0.2, 0) is 24.3 Å². The van der Waals surface area contributed by atoms with Gasteiger partial charge in [-0.05, 0) is 70.2 Å². The SMILES string of the molecule is Cc1ccc(S(=O)(=O)NCC(=O)OCC(=O)N2[C@H](C)CCC[C@H]2C)cc1C. The van der Waals surface area contributed by atoms with Crippen molar-refractivity contribution in [2.45, 2.75) is 63.9 Å². The van der Waals surface area contributed by atoms with Crippen molar-refractivity contribution in [1.82, 2.24) is 9.62 Å². The third-order valence-electron chi connectivity index (χ3n) is 5.03. The van der Waals surface area contributed by atoms with Crippen molar-refractivity contribution in [3.63, 3.8) is 0 Å². The van der Waals surface area contributed by atoms with Crippen molar-refractivity contribution < 1.29 is 22.7 Å². The summed E-state index contributed by atoms with van der Waals surface area (Å²) >= 11 is 0. The lowest BCUT2D eigenvalue weighted by atomic mass is 9.97.